The van der Waals surface area contributed by atoms with E-state index in [0.29, 0.717) is 45.5 Å². The van der Waals surface area contributed by atoms with Crippen LogP contribution < -0.4 is 5.32 Å². The zero-order valence-corrected chi connectivity index (χ0v) is 22.4. The second-order valence-electron chi connectivity index (χ2n) is 9.74. The third kappa shape index (κ3) is 5.08. The van der Waals surface area contributed by atoms with Crippen LogP contribution >= 0.6 is 23.4 Å². The highest BCUT2D eigenvalue weighted by atomic mass is 35.5. The average molecular weight is 575 g/mol. The van der Waals surface area contributed by atoms with E-state index in [0.717, 1.165) is 21.4 Å². The molecule has 1 aliphatic carbocycles. The van der Waals surface area contributed by atoms with Crippen LogP contribution in [0.4, 0.5) is 8.78 Å². The molecule has 3 N–H and O–H groups in total. The summed E-state index contributed by atoms with van der Waals surface area (Å²) in [6.07, 6.45) is 3.18. The number of carboxylic acid groups (broad SMARTS) is 1. The Labute approximate surface area is 237 Å². The van der Waals surface area contributed by atoms with Gasteiger partial charge in [-0.1, -0.05) is 41.6 Å². The van der Waals surface area contributed by atoms with Crippen LogP contribution in [0.1, 0.15) is 39.1 Å². The Hall–Kier alpha value is -4.14. The number of rotatable bonds is 7. The van der Waals surface area contributed by atoms with Crippen molar-refractivity contribution in [3.8, 4) is 11.1 Å². The normalized spacial score (nSPS) is 13.8. The number of carboxylic acids is 1. The third-order valence-electron chi connectivity index (χ3n) is 7.00. The molecular weight excluding hydrogens is 554 g/mol. The summed E-state index contributed by atoms with van der Waals surface area (Å²) in [6, 6.07) is 20.5. The van der Waals surface area contributed by atoms with E-state index >= 15 is 0 Å². The Kier molecular flexibility index (Phi) is 6.60. The minimum absolute atomic E-state index is 0.164. The van der Waals surface area contributed by atoms with Gasteiger partial charge in [0.1, 0.15) is 11.6 Å². The molecule has 40 heavy (non-hydrogen) atoms. The van der Waals surface area contributed by atoms with Gasteiger partial charge in [0.25, 0.3) is 5.91 Å². The van der Waals surface area contributed by atoms with Gasteiger partial charge in [-0.2, -0.15) is 0 Å². The van der Waals surface area contributed by atoms with Gasteiger partial charge in [-0.3, -0.25) is 4.79 Å². The number of aromatic amines is 1. The molecule has 0 saturated heterocycles. The molecule has 0 atom stereocenters. The number of halogens is 3. The molecule has 1 heterocycles. The molecule has 1 aliphatic rings. The predicted octanol–water partition coefficient (Wildman–Crippen LogP) is 8.04. The number of hydrogen-bond donors (Lipinski definition) is 3. The van der Waals surface area contributed by atoms with Crippen LogP contribution in [0.2, 0.25) is 5.02 Å². The third-order valence-corrected chi connectivity index (χ3v) is 8.26. The summed E-state index contributed by atoms with van der Waals surface area (Å²) in [7, 11) is 0. The quantitative estimate of drug-likeness (QED) is 0.184. The smallest absolute Gasteiger partial charge is 0.335 e. The number of aromatic carboxylic acids is 1. The summed E-state index contributed by atoms with van der Waals surface area (Å²) in [5, 5.41) is 13.6. The molecule has 9 heteroatoms. The number of carbonyl (C=O) groups is 2. The molecular formula is C31H21ClF2N2O3S. The first kappa shape index (κ1) is 26.1. The molecule has 0 radical (unpaired) electrons. The Morgan fingerprint density at radius 3 is 2.27 bits per heavy atom. The van der Waals surface area contributed by atoms with Gasteiger partial charge in [-0.15, -0.1) is 0 Å². The lowest BCUT2D eigenvalue weighted by Gasteiger charge is -2.19. The first-order valence-corrected chi connectivity index (χ1v) is 13.6. The minimum atomic E-state index is -1.02. The molecule has 1 aromatic heterocycles. The highest BCUT2D eigenvalue weighted by Gasteiger charge is 2.46. The highest BCUT2D eigenvalue weighted by molar-refractivity contribution is 7.99. The van der Waals surface area contributed by atoms with Crippen molar-refractivity contribution >= 4 is 46.1 Å². The minimum Gasteiger partial charge on any atom is -0.478 e. The van der Waals surface area contributed by atoms with E-state index in [1.165, 1.54) is 36.0 Å². The van der Waals surface area contributed by atoms with Crippen LogP contribution in [-0.4, -0.2) is 22.0 Å². The Morgan fingerprint density at radius 2 is 1.62 bits per heavy atom. The summed E-state index contributed by atoms with van der Waals surface area (Å²) in [4.78, 5) is 30.1. The lowest BCUT2D eigenvalue weighted by Crippen LogP contribution is -2.35. The van der Waals surface area contributed by atoms with Gasteiger partial charge in [0.2, 0.25) is 0 Å². The van der Waals surface area contributed by atoms with Gasteiger partial charge >= 0.3 is 5.97 Å². The van der Waals surface area contributed by atoms with Gasteiger partial charge in [-0.25, -0.2) is 13.6 Å². The van der Waals surface area contributed by atoms with Gasteiger partial charge in [-0.05, 0) is 84.1 Å². The topological polar surface area (TPSA) is 82.2 Å². The van der Waals surface area contributed by atoms with Crippen LogP contribution in [0.3, 0.4) is 0 Å². The Morgan fingerprint density at radius 1 is 0.925 bits per heavy atom. The fourth-order valence-corrected chi connectivity index (χ4v) is 6.15. The van der Waals surface area contributed by atoms with Gasteiger partial charge in [0, 0.05) is 38.0 Å². The zero-order chi connectivity index (χ0) is 28.0. The summed E-state index contributed by atoms with van der Waals surface area (Å²) in [5.74, 6) is -2.81. The van der Waals surface area contributed by atoms with Gasteiger partial charge in [0.15, 0.2) is 0 Å². The number of carbonyl (C=O) groups excluding carboxylic acids is 1. The second-order valence-corrected chi connectivity index (χ2v) is 11.3. The van der Waals surface area contributed by atoms with Crippen LogP contribution in [0, 0.1) is 11.6 Å². The summed E-state index contributed by atoms with van der Waals surface area (Å²) >= 11 is 7.62. The number of benzene rings is 4. The molecule has 0 spiro atoms. The molecule has 1 saturated carbocycles. The first-order valence-electron chi connectivity index (χ1n) is 12.4. The maximum atomic E-state index is 14.1. The van der Waals surface area contributed by atoms with E-state index in [-0.39, 0.29) is 11.5 Å². The lowest BCUT2D eigenvalue weighted by molar-refractivity contribution is 0.0696. The molecule has 5 nitrogen and oxygen atoms in total. The van der Waals surface area contributed by atoms with E-state index in [4.69, 9.17) is 11.6 Å². The summed E-state index contributed by atoms with van der Waals surface area (Å²) in [6.45, 7) is 0. The van der Waals surface area contributed by atoms with Crippen molar-refractivity contribution in [3.05, 3.63) is 118 Å². The van der Waals surface area contributed by atoms with Crippen LogP contribution in [0.5, 0.6) is 0 Å². The summed E-state index contributed by atoms with van der Waals surface area (Å²) < 4.78 is 28.2. The molecule has 0 bridgehead atoms. The second kappa shape index (κ2) is 10.1. The van der Waals surface area contributed by atoms with Crippen molar-refractivity contribution in [1.82, 2.24) is 10.3 Å². The number of amides is 1. The fraction of sp³-hybridized carbons (Fsp3) is 0.0968. The van der Waals surface area contributed by atoms with E-state index < -0.39 is 23.1 Å². The van der Waals surface area contributed by atoms with Gasteiger partial charge < -0.3 is 15.4 Å². The number of hydrogen-bond acceptors (Lipinski definition) is 3. The number of H-pyrrole nitrogens is 1. The number of aromatic nitrogens is 1. The van der Waals surface area contributed by atoms with Gasteiger partial charge in [0.05, 0.1) is 16.7 Å². The zero-order valence-electron chi connectivity index (χ0n) is 20.8. The maximum absolute atomic E-state index is 14.1. The summed E-state index contributed by atoms with van der Waals surface area (Å²) in [5.41, 5.74) is 2.11. The van der Waals surface area contributed by atoms with E-state index in [9.17, 15) is 23.5 Å². The van der Waals surface area contributed by atoms with Crippen LogP contribution in [0.25, 0.3) is 22.0 Å². The van der Waals surface area contributed by atoms with Crippen molar-refractivity contribution in [1.29, 1.82) is 0 Å². The molecule has 4 aromatic carbocycles. The lowest BCUT2D eigenvalue weighted by atomic mass is 9.98. The number of nitrogens with one attached hydrogen (secondary N) is 2. The highest BCUT2D eigenvalue weighted by Crippen LogP contribution is 2.46. The SMILES string of the molecule is O=C(O)c1ccc(C2(NC(=O)c3cc(-c4cc(F)cc(F)c4)cc4[nH]cc(Sc5cccc(Cl)c5)c34)CC2)cc1. The maximum Gasteiger partial charge on any atom is 0.335 e. The Bertz CT molecular complexity index is 1780. The molecule has 1 amide bonds. The van der Waals surface area contributed by atoms with Crippen LogP contribution in [-0.2, 0) is 5.54 Å². The van der Waals surface area contributed by atoms with Crippen LogP contribution in [0.15, 0.2) is 94.9 Å². The Balaban J connectivity index is 1.43. The van der Waals surface area contributed by atoms with Crippen molar-refractivity contribution < 1.29 is 23.5 Å². The molecule has 6 rings (SSSR count). The van der Waals surface area contributed by atoms with Crippen molar-refractivity contribution in [2.75, 3.05) is 0 Å². The molecule has 0 unspecified atom stereocenters. The van der Waals surface area contributed by atoms with Crippen molar-refractivity contribution in [3.63, 3.8) is 0 Å². The molecule has 0 aliphatic heterocycles. The predicted molar refractivity (Wildman–Crippen MR) is 151 cm³/mol. The largest absolute Gasteiger partial charge is 0.478 e. The fourth-order valence-electron chi connectivity index (χ4n) is 4.87. The molecule has 1 fully saturated rings. The van der Waals surface area contributed by atoms with E-state index in [2.05, 4.69) is 10.3 Å². The van der Waals surface area contributed by atoms with Crippen molar-refractivity contribution in [2.45, 2.75) is 28.2 Å². The average Bonchev–Trinajstić information content (AvgIpc) is 3.59. The number of fused-ring (bicyclic) bond motifs is 1. The first-order chi connectivity index (χ1) is 19.2. The van der Waals surface area contributed by atoms with Crippen molar-refractivity contribution in [2.24, 2.45) is 0 Å². The van der Waals surface area contributed by atoms with E-state index in [1.54, 1.807) is 36.5 Å². The van der Waals surface area contributed by atoms with E-state index in [1.807, 2.05) is 18.2 Å². The standard InChI is InChI=1S/C31H21ClF2N2O3S/c32-21-2-1-3-24(14-21)40-27-16-35-26-13-19(18-10-22(33)15-23(34)11-18)12-25(28(26)27)29(37)36-31(8-9-31)20-6-4-17(5-7-20)30(38)39/h1-7,10-16,35H,8-9H2,(H,36,37)(H,38,39). The molecule has 200 valence electrons. The monoisotopic (exact) mass is 574 g/mol. The molecule has 5 aromatic rings.